The molecule has 2 aromatic carbocycles. The summed E-state index contributed by atoms with van der Waals surface area (Å²) in [5.74, 6) is -1.91. The highest BCUT2D eigenvalue weighted by atomic mass is 32.2. The minimum atomic E-state index is -3.60. The molecule has 4 rings (SSSR count). The predicted octanol–water partition coefficient (Wildman–Crippen LogP) is 2.60. The van der Waals surface area contributed by atoms with E-state index in [0.29, 0.717) is 18.8 Å². The number of para-hydroxylation sites is 1. The van der Waals surface area contributed by atoms with E-state index in [9.17, 15) is 22.4 Å². The first kappa shape index (κ1) is 20.5. The Morgan fingerprint density at radius 1 is 1.07 bits per heavy atom. The fraction of sp³-hybridized carbons (Fsp3) is 0.333. The number of rotatable bonds is 5. The third kappa shape index (κ3) is 3.95. The van der Waals surface area contributed by atoms with Gasteiger partial charge < -0.3 is 10.2 Å². The molecule has 0 aromatic heterocycles. The summed E-state index contributed by atoms with van der Waals surface area (Å²) in [4.78, 5) is 26.4. The Labute approximate surface area is 174 Å². The molecule has 0 bridgehead atoms. The van der Waals surface area contributed by atoms with Crippen LogP contribution in [0.2, 0.25) is 0 Å². The Morgan fingerprint density at radius 3 is 2.53 bits per heavy atom. The monoisotopic (exact) mass is 431 g/mol. The molecule has 2 aromatic rings. The molecule has 7 nitrogen and oxygen atoms in total. The van der Waals surface area contributed by atoms with E-state index in [1.807, 2.05) is 0 Å². The number of benzene rings is 2. The molecule has 30 heavy (non-hydrogen) atoms. The van der Waals surface area contributed by atoms with Crippen molar-refractivity contribution in [3.8, 4) is 0 Å². The van der Waals surface area contributed by atoms with E-state index in [4.69, 9.17) is 0 Å². The van der Waals surface area contributed by atoms with Gasteiger partial charge in [-0.15, -0.1) is 0 Å². The smallest absolute Gasteiger partial charge is 0.243 e. The molecule has 2 amide bonds. The van der Waals surface area contributed by atoms with Gasteiger partial charge in [0.1, 0.15) is 5.82 Å². The standard InChI is InChI=1S/C21H22FN3O4S/c22-18-8-1-2-9-19(18)25-14-15(12-20(25)26)21(27)23-16-6-5-7-17(13-16)30(28,29)24-10-3-4-11-24/h1-2,5-9,13,15H,3-4,10-12,14H2,(H,23,27)/t15-/m0/s1. The van der Waals surface area contributed by atoms with Gasteiger partial charge in [-0.3, -0.25) is 9.59 Å². The molecular formula is C21H22FN3O4S. The van der Waals surface area contributed by atoms with Crippen molar-refractivity contribution in [2.75, 3.05) is 29.9 Å². The van der Waals surface area contributed by atoms with Crippen molar-refractivity contribution in [1.82, 2.24) is 4.31 Å². The molecule has 0 aliphatic carbocycles. The summed E-state index contributed by atoms with van der Waals surface area (Å²) in [5.41, 5.74) is 0.494. The zero-order chi connectivity index (χ0) is 21.3. The van der Waals surface area contributed by atoms with Gasteiger partial charge in [0.05, 0.1) is 16.5 Å². The van der Waals surface area contributed by atoms with Crippen LogP contribution < -0.4 is 10.2 Å². The summed E-state index contributed by atoms with van der Waals surface area (Å²) in [6.07, 6.45) is 1.64. The minimum absolute atomic E-state index is 0.0358. The van der Waals surface area contributed by atoms with Crippen LogP contribution in [0.25, 0.3) is 0 Å². The van der Waals surface area contributed by atoms with Crippen molar-refractivity contribution in [3.05, 3.63) is 54.3 Å². The number of carbonyl (C=O) groups is 2. The highest BCUT2D eigenvalue weighted by Crippen LogP contribution is 2.28. The number of halogens is 1. The van der Waals surface area contributed by atoms with E-state index in [1.165, 1.54) is 39.5 Å². The number of hydrogen-bond donors (Lipinski definition) is 1. The molecule has 2 aliphatic rings. The maximum Gasteiger partial charge on any atom is 0.243 e. The van der Waals surface area contributed by atoms with Gasteiger partial charge in [0.25, 0.3) is 0 Å². The number of carbonyl (C=O) groups excluding carboxylic acids is 2. The first-order valence-electron chi connectivity index (χ1n) is 9.82. The lowest BCUT2D eigenvalue weighted by Crippen LogP contribution is -2.29. The topological polar surface area (TPSA) is 86.8 Å². The maximum atomic E-state index is 14.0. The Hall–Kier alpha value is -2.78. The number of anilines is 2. The molecule has 0 saturated carbocycles. The fourth-order valence-corrected chi connectivity index (χ4v) is 5.41. The van der Waals surface area contributed by atoms with E-state index in [0.717, 1.165) is 12.8 Å². The van der Waals surface area contributed by atoms with Crippen LogP contribution in [0, 0.1) is 11.7 Å². The van der Waals surface area contributed by atoms with E-state index in [-0.39, 0.29) is 29.5 Å². The van der Waals surface area contributed by atoms with Gasteiger partial charge in [0.15, 0.2) is 0 Å². The van der Waals surface area contributed by atoms with Gasteiger partial charge in [-0.1, -0.05) is 18.2 Å². The van der Waals surface area contributed by atoms with E-state index >= 15 is 0 Å². The minimum Gasteiger partial charge on any atom is -0.326 e. The highest BCUT2D eigenvalue weighted by Gasteiger charge is 2.36. The Morgan fingerprint density at radius 2 is 1.80 bits per heavy atom. The summed E-state index contributed by atoms with van der Waals surface area (Å²) >= 11 is 0. The number of nitrogens with zero attached hydrogens (tertiary/aromatic N) is 2. The fourth-order valence-electron chi connectivity index (χ4n) is 3.84. The van der Waals surface area contributed by atoms with E-state index in [2.05, 4.69) is 5.32 Å². The number of amides is 2. The quantitative estimate of drug-likeness (QED) is 0.789. The van der Waals surface area contributed by atoms with Crippen LogP contribution in [-0.4, -0.2) is 44.2 Å². The highest BCUT2D eigenvalue weighted by molar-refractivity contribution is 7.89. The second kappa shape index (κ2) is 8.16. The number of nitrogens with one attached hydrogen (secondary N) is 1. The molecule has 9 heteroatoms. The van der Waals surface area contributed by atoms with Crippen molar-refractivity contribution < 1.29 is 22.4 Å². The molecule has 1 atom stereocenters. The summed E-state index contributed by atoms with van der Waals surface area (Å²) < 4.78 is 40.9. The van der Waals surface area contributed by atoms with Gasteiger partial charge >= 0.3 is 0 Å². The summed E-state index contributed by atoms with van der Waals surface area (Å²) in [5, 5.41) is 2.70. The van der Waals surface area contributed by atoms with Crippen LogP contribution in [0.5, 0.6) is 0 Å². The molecule has 2 saturated heterocycles. The lowest BCUT2D eigenvalue weighted by atomic mass is 10.1. The van der Waals surface area contributed by atoms with E-state index < -0.39 is 27.7 Å². The molecule has 0 spiro atoms. The summed E-state index contributed by atoms with van der Waals surface area (Å²) in [7, 11) is -3.60. The average molecular weight is 431 g/mol. The lowest BCUT2D eigenvalue weighted by molar-refractivity contribution is -0.122. The molecule has 0 unspecified atom stereocenters. The predicted molar refractivity (Wildman–Crippen MR) is 110 cm³/mol. The lowest BCUT2D eigenvalue weighted by Gasteiger charge is -2.18. The largest absolute Gasteiger partial charge is 0.326 e. The zero-order valence-electron chi connectivity index (χ0n) is 16.3. The average Bonchev–Trinajstić information content (AvgIpc) is 3.39. The van der Waals surface area contributed by atoms with Gasteiger partial charge in [-0.2, -0.15) is 4.31 Å². The van der Waals surface area contributed by atoms with Crippen LogP contribution in [0.3, 0.4) is 0 Å². The van der Waals surface area contributed by atoms with Gasteiger partial charge in [0, 0.05) is 31.7 Å². The van der Waals surface area contributed by atoms with Crippen LogP contribution in [0.1, 0.15) is 19.3 Å². The third-order valence-corrected chi connectivity index (χ3v) is 7.34. The summed E-state index contributed by atoms with van der Waals surface area (Å²) in [6, 6.07) is 12.0. The zero-order valence-corrected chi connectivity index (χ0v) is 17.1. The first-order chi connectivity index (χ1) is 14.4. The van der Waals surface area contributed by atoms with Crippen molar-refractivity contribution in [2.24, 2.45) is 5.92 Å². The van der Waals surface area contributed by atoms with Crippen molar-refractivity contribution in [1.29, 1.82) is 0 Å². The SMILES string of the molecule is O=C(Nc1cccc(S(=O)(=O)N2CCCC2)c1)[C@H]1CC(=O)N(c2ccccc2F)C1. The van der Waals surface area contributed by atoms with Crippen molar-refractivity contribution in [2.45, 2.75) is 24.2 Å². The van der Waals surface area contributed by atoms with Gasteiger partial charge in [-0.25, -0.2) is 12.8 Å². The molecule has 158 valence electrons. The molecule has 2 heterocycles. The summed E-state index contributed by atoms with van der Waals surface area (Å²) in [6.45, 7) is 1.06. The molecule has 2 aliphatic heterocycles. The van der Waals surface area contributed by atoms with Crippen LogP contribution >= 0.6 is 0 Å². The van der Waals surface area contributed by atoms with Crippen LogP contribution in [0.4, 0.5) is 15.8 Å². The second-order valence-electron chi connectivity index (χ2n) is 7.49. The van der Waals surface area contributed by atoms with Crippen molar-refractivity contribution in [3.63, 3.8) is 0 Å². The van der Waals surface area contributed by atoms with Crippen molar-refractivity contribution >= 4 is 33.2 Å². The Kier molecular flexibility index (Phi) is 5.57. The number of sulfonamides is 1. The van der Waals surface area contributed by atoms with Gasteiger partial charge in [-0.05, 0) is 43.2 Å². The number of hydrogen-bond acceptors (Lipinski definition) is 4. The van der Waals surface area contributed by atoms with Gasteiger partial charge in [0.2, 0.25) is 21.8 Å². The second-order valence-corrected chi connectivity index (χ2v) is 9.42. The molecule has 2 fully saturated rings. The Balaban J connectivity index is 1.47. The van der Waals surface area contributed by atoms with E-state index in [1.54, 1.807) is 18.2 Å². The first-order valence-corrected chi connectivity index (χ1v) is 11.3. The molecule has 1 N–H and O–H groups in total. The molecule has 0 radical (unpaired) electrons. The maximum absolute atomic E-state index is 14.0. The normalized spacial score (nSPS) is 20.0. The van der Waals surface area contributed by atoms with Crippen LogP contribution in [0.15, 0.2) is 53.4 Å². The molecular weight excluding hydrogens is 409 g/mol. The Bertz CT molecular complexity index is 1080. The third-order valence-electron chi connectivity index (χ3n) is 5.44. The van der Waals surface area contributed by atoms with Crippen LogP contribution in [-0.2, 0) is 19.6 Å².